The monoisotopic (exact) mass is 278 g/mol. The zero-order valence-electron chi connectivity index (χ0n) is 10.0. The van der Waals surface area contributed by atoms with Gasteiger partial charge >= 0.3 is 0 Å². The van der Waals surface area contributed by atoms with Gasteiger partial charge < -0.3 is 10.1 Å². The Balaban J connectivity index is 0.00000128. The summed E-state index contributed by atoms with van der Waals surface area (Å²) < 4.78 is 5.52. The highest BCUT2D eigenvalue weighted by molar-refractivity contribution is 5.85. The molecule has 17 heavy (non-hydrogen) atoms. The highest BCUT2D eigenvalue weighted by atomic mass is 35.5. The maximum atomic E-state index is 5.52. The molecule has 2 heterocycles. The quantitative estimate of drug-likeness (QED) is 0.899. The molecule has 1 aromatic heterocycles. The first-order chi connectivity index (χ1) is 7.34. The van der Waals surface area contributed by atoms with E-state index < -0.39 is 0 Å². The van der Waals surface area contributed by atoms with Gasteiger partial charge in [0, 0.05) is 30.4 Å². The third kappa shape index (κ3) is 5.68. The summed E-state index contributed by atoms with van der Waals surface area (Å²) in [6.07, 6.45) is 1.01. The van der Waals surface area contributed by atoms with E-state index in [4.69, 9.17) is 4.74 Å². The Bertz CT molecular complexity index is 315. The van der Waals surface area contributed by atoms with Gasteiger partial charge in [-0.25, -0.2) is 0 Å². The van der Waals surface area contributed by atoms with Crippen molar-refractivity contribution in [1.82, 2.24) is 10.3 Å². The Morgan fingerprint density at radius 3 is 3.00 bits per heavy atom. The van der Waals surface area contributed by atoms with Crippen LogP contribution in [0.4, 0.5) is 0 Å². The minimum atomic E-state index is 0. The molecule has 0 spiro atoms. The summed E-state index contributed by atoms with van der Waals surface area (Å²) in [4.78, 5) is 4.51. The third-order valence-corrected chi connectivity index (χ3v) is 2.65. The fraction of sp³-hybridized carbons (Fsp3) is 0.583. The number of pyridine rings is 1. The zero-order chi connectivity index (χ0) is 10.5. The Morgan fingerprint density at radius 1 is 1.41 bits per heavy atom. The average Bonchev–Trinajstić information content (AvgIpc) is 2.46. The van der Waals surface area contributed by atoms with E-state index in [0.29, 0.717) is 5.92 Å². The number of hydrogen-bond acceptors (Lipinski definition) is 3. The smallest absolute Gasteiger partial charge is 0.0591 e. The van der Waals surface area contributed by atoms with Gasteiger partial charge in [-0.3, -0.25) is 4.98 Å². The van der Waals surface area contributed by atoms with Gasteiger partial charge in [0.05, 0.1) is 13.2 Å². The number of aryl methyl sites for hydroxylation is 1. The van der Waals surface area contributed by atoms with E-state index >= 15 is 0 Å². The van der Waals surface area contributed by atoms with Gasteiger partial charge in [0.25, 0.3) is 0 Å². The van der Waals surface area contributed by atoms with Crippen molar-refractivity contribution in [1.29, 1.82) is 0 Å². The molecule has 3 nitrogen and oxygen atoms in total. The summed E-state index contributed by atoms with van der Waals surface area (Å²) in [5, 5.41) is 3.38. The van der Waals surface area contributed by atoms with Gasteiger partial charge in [0.15, 0.2) is 0 Å². The van der Waals surface area contributed by atoms with Crippen LogP contribution in [0.5, 0.6) is 0 Å². The summed E-state index contributed by atoms with van der Waals surface area (Å²) >= 11 is 0. The molecule has 0 aliphatic carbocycles. The highest BCUT2D eigenvalue weighted by Crippen LogP contribution is 2.09. The van der Waals surface area contributed by atoms with Crippen molar-refractivity contribution in [2.45, 2.75) is 13.3 Å². The third-order valence-electron chi connectivity index (χ3n) is 2.65. The molecule has 1 unspecified atom stereocenters. The summed E-state index contributed by atoms with van der Waals surface area (Å²) in [7, 11) is 0. The lowest BCUT2D eigenvalue weighted by Gasteiger charge is -2.13. The average molecular weight is 279 g/mol. The summed E-state index contributed by atoms with van der Waals surface area (Å²) in [6.45, 7) is 5.72. The molecule has 5 heteroatoms. The number of rotatable bonds is 2. The van der Waals surface area contributed by atoms with Crippen molar-refractivity contribution in [2.24, 2.45) is 5.92 Å². The van der Waals surface area contributed by atoms with E-state index in [1.165, 1.54) is 5.69 Å². The predicted molar refractivity (Wildman–Crippen MR) is 74.4 cm³/mol. The van der Waals surface area contributed by atoms with Crippen LogP contribution in [0, 0.1) is 12.8 Å². The van der Waals surface area contributed by atoms with E-state index in [0.717, 1.165) is 38.4 Å². The maximum Gasteiger partial charge on any atom is 0.0591 e. The van der Waals surface area contributed by atoms with Gasteiger partial charge in [-0.1, -0.05) is 6.07 Å². The van der Waals surface area contributed by atoms with Gasteiger partial charge in [0.1, 0.15) is 0 Å². The molecular weight excluding hydrogens is 259 g/mol. The first-order valence-corrected chi connectivity index (χ1v) is 5.55. The molecular formula is C12H20Cl2N2O. The molecule has 1 N–H and O–H groups in total. The van der Waals surface area contributed by atoms with Crippen molar-refractivity contribution in [2.75, 3.05) is 26.3 Å². The highest BCUT2D eigenvalue weighted by Gasteiger charge is 2.13. The maximum absolute atomic E-state index is 5.52. The number of halogens is 2. The minimum absolute atomic E-state index is 0. The molecule has 2 rings (SSSR count). The van der Waals surface area contributed by atoms with E-state index in [2.05, 4.69) is 22.4 Å². The Hall–Kier alpha value is -0.350. The lowest BCUT2D eigenvalue weighted by atomic mass is 10.0. The van der Waals surface area contributed by atoms with Crippen molar-refractivity contribution in [3.05, 3.63) is 29.6 Å². The number of nitrogens with one attached hydrogen (secondary N) is 1. The fourth-order valence-corrected chi connectivity index (χ4v) is 1.90. The molecule has 1 aliphatic heterocycles. The van der Waals surface area contributed by atoms with E-state index in [-0.39, 0.29) is 24.8 Å². The molecule has 0 bridgehead atoms. The first kappa shape index (κ1) is 16.6. The van der Waals surface area contributed by atoms with Crippen LogP contribution in [-0.2, 0) is 11.2 Å². The SMILES string of the molecule is Cc1cccc(CC2CNCCOC2)n1.Cl.Cl. The Kier molecular flexibility index (Phi) is 8.52. The Morgan fingerprint density at radius 2 is 2.24 bits per heavy atom. The van der Waals surface area contributed by atoms with Gasteiger partial charge in [-0.2, -0.15) is 0 Å². The van der Waals surface area contributed by atoms with E-state index in [9.17, 15) is 0 Å². The molecule has 1 aromatic rings. The number of aromatic nitrogens is 1. The second kappa shape index (κ2) is 8.70. The molecule has 0 radical (unpaired) electrons. The molecule has 0 saturated carbocycles. The van der Waals surface area contributed by atoms with Crippen molar-refractivity contribution in [3.8, 4) is 0 Å². The first-order valence-electron chi connectivity index (χ1n) is 5.55. The van der Waals surface area contributed by atoms with Crippen LogP contribution < -0.4 is 5.32 Å². The molecule has 1 fully saturated rings. The topological polar surface area (TPSA) is 34.1 Å². The number of ether oxygens (including phenoxy) is 1. The van der Waals surface area contributed by atoms with Gasteiger partial charge in [0.2, 0.25) is 0 Å². The molecule has 1 atom stereocenters. The van der Waals surface area contributed by atoms with Crippen molar-refractivity contribution >= 4 is 24.8 Å². The summed E-state index contributed by atoms with van der Waals surface area (Å²) in [5.74, 6) is 0.557. The molecule has 1 aliphatic rings. The van der Waals surface area contributed by atoms with Crippen LogP contribution in [0.15, 0.2) is 18.2 Å². The van der Waals surface area contributed by atoms with E-state index in [1.54, 1.807) is 0 Å². The van der Waals surface area contributed by atoms with Gasteiger partial charge in [-0.15, -0.1) is 24.8 Å². The Labute approximate surface area is 115 Å². The van der Waals surface area contributed by atoms with Crippen LogP contribution in [0.25, 0.3) is 0 Å². The van der Waals surface area contributed by atoms with E-state index in [1.807, 2.05) is 13.0 Å². The van der Waals surface area contributed by atoms with Gasteiger partial charge in [-0.05, 0) is 25.5 Å². The largest absolute Gasteiger partial charge is 0.380 e. The normalized spacial score (nSPS) is 19.7. The van der Waals surface area contributed by atoms with Crippen LogP contribution in [0.1, 0.15) is 11.4 Å². The lowest BCUT2D eigenvalue weighted by Crippen LogP contribution is -2.24. The standard InChI is InChI=1S/C12H18N2O.2ClH/c1-10-3-2-4-12(14-10)7-11-8-13-5-6-15-9-11;;/h2-4,11,13H,5-9H2,1H3;2*1H. The van der Waals surface area contributed by atoms with Crippen molar-refractivity contribution in [3.63, 3.8) is 0 Å². The van der Waals surface area contributed by atoms with Crippen LogP contribution in [0.2, 0.25) is 0 Å². The van der Waals surface area contributed by atoms with Crippen LogP contribution >= 0.6 is 24.8 Å². The molecule has 0 aromatic carbocycles. The molecule has 98 valence electrons. The number of hydrogen-bond donors (Lipinski definition) is 1. The fourth-order valence-electron chi connectivity index (χ4n) is 1.90. The zero-order valence-corrected chi connectivity index (χ0v) is 11.6. The van der Waals surface area contributed by atoms with Crippen LogP contribution in [-0.4, -0.2) is 31.3 Å². The van der Waals surface area contributed by atoms with Crippen molar-refractivity contribution < 1.29 is 4.74 Å². The second-order valence-electron chi connectivity index (χ2n) is 4.12. The number of nitrogens with zero attached hydrogens (tertiary/aromatic N) is 1. The second-order valence-corrected chi connectivity index (χ2v) is 4.12. The molecule has 1 saturated heterocycles. The molecule has 0 amide bonds. The van der Waals surface area contributed by atoms with Crippen LogP contribution in [0.3, 0.4) is 0 Å². The summed E-state index contributed by atoms with van der Waals surface area (Å²) in [6, 6.07) is 6.20. The lowest BCUT2D eigenvalue weighted by molar-refractivity contribution is 0.123. The summed E-state index contributed by atoms with van der Waals surface area (Å²) in [5.41, 5.74) is 2.27. The predicted octanol–water partition coefficient (Wildman–Crippen LogP) is 2.01. The minimum Gasteiger partial charge on any atom is -0.380 e.